The number of hydrogen-bond acceptors (Lipinski definition) is 5. The van der Waals surface area contributed by atoms with Gasteiger partial charge in [0.25, 0.3) is 0 Å². The zero-order chi connectivity index (χ0) is 13.5. The Kier molecular flexibility index (Phi) is 5.97. The molecule has 0 bridgehead atoms. The third-order valence-electron chi connectivity index (χ3n) is 2.35. The average molecular weight is 271 g/mol. The SMILES string of the molecule is COCC(O)CNc1cccc(SC)c1C(=O)O. The molecular formula is C12H17NO4S. The van der Waals surface area contributed by atoms with Gasteiger partial charge in [-0.25, -0.2) is 4.79 Å². The van der Waals surface area contributed by atoms with Gasteiger partial charge in [0.1, 0.15) is 0 Å². The van der Waals surface area contributed by atoms with Crippen LogP contribution in [0.2, 0.25) is 0 Å². The van der Waals surface area contributed by atoms with Gasteiger partial charge in [0.05, 0.1) is 18.3 Å². The van der Waals surface area contributed by atoms with Crippen molar-refractivity contribution in [3.8, 4) is 0 Å². The number of carbonyl (C=O) groups is 1. The molecule has 0 saturated carbocycles. The molecule has 0 fully saturated rings. The molecule has 18 heavy (non-hydrogen) atoms. The van der Waals surface area contributed by atoms with Crippen LogP contribution in [0.15, 0.2) is 23.1 Å². The van der Waals surface area contributed by atoms with Gasteiger partial charge < -0.3 is 20.3 Å². The molecule has 1 aromatic carbocycles. The summed E-state index contributed by atoms with van der Waals surface area (Å²) in [4.78, 5) is 11.9. The minimum atomic E-state index is -0.983. The van der Waals surface area contributed by atoms with E-state index in [0.29, 0.717) is 10.6 Å². The van der Waals surface area contributed by atoms with Crippen LogP contribution in [0.5, 0.6) is 0 Å². The van der Waals surface area contributed by atoms with Gasteiger partial charge in [-0.05, 0) is 18.4 Å². The minimum absolute atomic E-state index is 0.206. The van der Waals surface area contributed by atoms with Crippen LogP contribution in [-0.4, -0.2) is 48.8 Å². The Morgan fingerprint density at radius 1 is 1.56 bits per heavy atom. The molecule has 1 rings (SSSR count). The summed E-state index contributed by atoms with van der Waals surface area (Å²) in [5.41, 5.74) is 0.735. The van der Waals surface area contributed by atoms with Gasteiger partial charge in [0.2, 0.25) is 0 Å². The van der Waals surface area contributed by atoms with E-state index in [1.165, 1.54) is 18.9 Å². The monoisotopic (exact) mass is 271 g/mol. The van der Waals surface area contributed by atoms with E-state index in [0.717, 1.165) is 0 Å². The van der Waals surface area contributed by atoms with E-state index in [1.54, 1.807) is 18.2 Å². The quantitative estimate of drug-likeness (QED) is 0.653. The second-order valence-corrected chi connectivity index (χ2v) is 4.53. The molecule has 0 aliphatic rings. The topological polar surface area (TPSA) is 78.8 Å². The average Bonchev–Trinajstić information content (AvgIpc) is 2.35. The van der Waals surface area contributed by atoms with Crippen molar-refractivity contribution in [3.63, 3.8) is 0 Å². The van der Waals surface area contributed by atoms with Gasteiger partial charge in [-0.2, -0.15) is 0 Å². The lowest BCUT2D eigenvalue weighted by Crippen LogP contribution is -2.25. The first-order valence-electron chi connectivity index (χ1n) is 5.41. The van der Waals surface area contributed by atoms with Gasteiger partial charge in [-0.1, -0.05) is 6.07 Å². The molecule has 6 heteroatoms. The second kappa shape index (κ2) is 7.25. The number of aromatic carboxylic acids is 1. The van der Waals surface area contributed by atoms with E-state index < -0.39 is 12.1 Å². The lowest BCUT2D eigenvalue weighted by atomic mass is 10.1. The number of hydrogen-bond donors (Lipinski definition) is 3. The van der Waals surface area contributed by atoms with Crippen molar-refractivity contribution >= 4 is 23.4 Å². The highest BCUT2D eigenvalue weighted by Crippen LogP contribution is 2.27. The number of ether oxygens (including phenoxy) is 1. The lowest BCUT2D eigenvalue weighted by molar-refractivity contribution is 0.0690. The van der Waals surface area contributed by atoms with E-state index in [4.69, 9.17) is 4.74 Å². The smallest absolute Gasteiger partial charge is 0.338 e. The fraction of sp³-hybridized carbons (Fsp3) is 0.417. The first kappa shape index (κ1) is 14.8. The normalized spacial score (nSPS) is 12.2. The molecular weight excluding hydrogens is 254 g/mol. The Balaban J connectivity index is 2.85. The molecule has 0 aliphatic heterocycles. The Hall–Kier alpha value is -1.24. The highest BCUT2D eigenvalue weighted by molar-refractivity contribution is 7.98. The predicted octanol–water partition coefficient (Wildman–Crippen LogP) is 1.53. The molecule has 0 heterocycles. The largest absolute Gasteiger partial charge is 0.478 e. The number of thioether (sulfide) groups is 1. The fourth-order valence-electron chi connectivity index (χ4n) is 1.55. The Labute approximate surface area is 110 Å². The molecule has 1 aromatic rings. The molecule has 100 valence electrons. The van der Waals surface area contributed by atoms with E-state index in [2.05, 4.69) is 5.32 Å². The summed E-state index contributed by atoms with van der Waals surface area (Å²) < 4.78 is 4.80. The number of rotatable bonds is 7. The number of benzene rings is 1. The maximum absolute atomic E-state index is 11.2. The summed E-state index contributed by atoms with van der Waals surface area (Å²) in [5, 5.41) is 21.7. The van der Waals surface area contributed by atoms with Crippen molar-refractivity contribution in [2.24, 2.45) is 0 Å². The number of aliphatic hydroxyl groups excluding tert-OH is 1. The number of carboxylic acids is 1. The maximum atomic E-state index is 11.2. The maximum Gasteiger partial charge on any atom is 0.338 e. The zero-order valence-corrected chi connectivity index (χ0v) is 11.2. The number of methoxy groups -OCH3 is 1. The van der Waals surface area contributed by atoms with E-state index in [9.17, 15) is 15.0 Å². The van der Waals surface area contributed by atoms with Crippen LogP contribution in [0.25, 0.3) is 0 Å². The van der Waals surface area contributed by atoms with E-state index in [-0.39, 0.29) is 18.7 Å². The summed E-state index contributed by atoms with van der Waals surface area (Å²) in [6.45, 7) is 0.448. The van der Waals surface area contributed by atoms with Gasteiger partial charge >= 0.3 is 5.97 Å². The van der Waals surface area contributed by atoms with Crippen LogP contribution in [0.1, 0.15) is 10.4 Å². The summed E-state index contributed by atoms with van der Waals surface area (Å²) in [6.07, 6.45) is 1.15. The van der Waals surface area contributed by atoms with Crippen molar-refractivity contribution in [3.05, 3.63) is 23.8 Å². The number of nitrogens with one attached hydrogen (secondary N) is 1. The highest BCUT2D eigenvalue weighted by atomic mass is 32.2. The van der Waals surface area contributed by atoms with Gasteiger partial charge in [0, 0.05) is 24.2 Å². The van der Waals surface area contributed by atoms with E-state index >= 15 is 0 Å². The van der Waals surface area contributed by atoms with Crippen molar-refractivity contribution in [2.75, 3.05) is 31.8 Å². The first-order valence-corrected chi connectivity index (χ1v) is 6.63. The lowest BCUT2D eigenvalue weighted by Gasteiger charge is -2.15. The summed E-state index contributed by atoms with van der Waals surface area (Å²) >= 11 is 1.37. The standard InChI is InChI=1S/C12H17NO4S/c1-17-7-8(14)6-13-9-4-3-5-10(18-2)11(9)12(15)16/h3-5,8,13-14H,6-7H2,1-2H3,(H,15,16). The molecule has 3 N–H and O–H groups in total. The van der Waals surface area contributed by atoms with Crippen LogP contribution in [0, 0.1) is 0 Å². The molecule has 5 nitrogen and oxygen atoms in total. The van der Waals surface area contributed by atoms with Crippen LogP contribution in [0.3, 0.4) is 0 Å². The van der Waals surface area contributed by atoms with Crippen molar-refractivity contribution in [2.45, 2.75) is 11.0 Å². The van der Waals surface area contributed by atoms with Crippen molar-refractivity contribution in [1.29, 1.82) is 0 Å². The van der Waals surface area contributed by atoms with Gasteiger partial charge in [-0.3, -0.25) is 0 Å². The Morgan fingerprint density at radius 3 is 2.83 bits per heavy atom. The van der Waals surface area contributed by atoms with Crippen molar-refractivity contribution in [1.82, 2.24) is 0 Å². The summed E-state index contributed by atoms with van der Waals surface area (Å²) in [5.74, 6) is -0.983. The molecule has 0 saturated heterocycles. The molecule has 0 aliphatic carbocycles. The van der Waals surface area contributed by atoms with E-state index in [1.807, 2.05) is 6.26 Å². The van der Waals surface area contributed by atoms with Gasteiger partial charge in [-0.15, -0.1) is 11.8 Å². The van der Waals surface area contributed by atoms with Crippen molar-refractivity contribution < 1.29 is 19.7 Å². The second-order valence-electron chi connectivity index (χ2n) is 3.68. The molecule has 0 aromatic heterocycles. The molecule has 0 amide bonds. The van der Waals surface area contributed by atoms with Crippen LogP contribution >= 0.6 is 11.8 Å². The Morgan fingerprint density at radius 2 is 2.28 bits per heavy atom. The number of anilines is 1. The third kappa shape index (κ3) is 3.90. The molecule has 1 unspecified atom stereocenters. The number of carboxylic acid groups (broad SMARTS) is 1. The Bertz CT molecular complexity index is 411. The zero-order valence-electron chi connectivity index (χ0n) is 10.3. The summed E-state index contributed by atoms with van der Waals surface area (Å²) in [6, 6.07) is 5.22. The molecule has 1 atom stereocenters. The van der Waals surface area contributed by atoms with Gasteiger partial charge in [0.15, 0.2) is 0 Å². The molecule has 0 spiro atoms. The fourth-order valence-corrected chi connectivity index (χ4v) is 2.16. The predicted molar refractivity (Wildman–Crippen MR) is 71.6 cm³/mol. The minimum Gasteiger partial charge on any atom is -0.478 e. The van der Waals surface area contributed by atoms with Crippen LogP contribution in [-0.2, 0) is 4.74 Å². The highest BCUT2D eigenvalue weighted by Gasteiger charge is 2.15. The molecule has 0 radical (unpaired) electrons. The van der Waals surface area contributed by atoms with Crippen LogP contribution in [0.4, 0.5) is 5.69 Å². The number of aliphatic hydroxyl groups is 1. The third-order valence-corrected chi connectivity index (χ3v) is 3.13. The van der Waals surface area contributed by atoms with Crippen LogP contribution < -0.4 is 5.32 Å². The first-order chi connectivity index (χ1) is 8.60. The summed E-state index contributed by atoms with van der Waals surface area (Å²) in [7, 11) is 1.50.